The van der Waals surface area contributed by atoms with E-state index in [1.54, 1.807) is 24.1 Å². The van der Waals surface area contributed by atoms with Crippen molar-refractivity contribution in [3.05, 3.63) is 64.8 Å². The smallest absolute Gasteiger partial charge is 0.255 e. The van der Waals surface area contributed by atoms with Crippen LogP contribution in [0.5, 0.6) is 0 Å². The van der Waals surface area contributed by atoms with E-state index in [2.05, 4.69) is 20.4 Å². The molecule has 4 rings (SSSR count). The number of pyridine rings is 1. The van der Waals surface area contributed by atoms with E-state index >= 15 is 0 Å². The number of nitrogens with zero attached hydrogens (tertiary/aromatic N) is 5. The quantitative estimate of drug-likeness (QED) is 0.537. The summed E-state index contributed by atoms with van der Waals surface area (Å²) in [6, 6.07) is 7.56. The molecule has 33 heavy (non-hydrogen) atoms. The van der Waals surface area contributed by atoms with Crippen molar-refractivity contribution in [2.24, 2.45) is 0 Å². The van der Waals surface area contributed by atoms with Crippen LogP contribution in [0.1, 0.15) is 39.4 Å². The Morgan fingerprint density at radius 3 is 2.58 bits per heavy atom. The molecule has 0 atom stereocenters. The highest BCUT2D eigenvalue weighted by Crippen LogP contribution is 2.26. The fraction of sp³-hybridized carbons (Fsp3) is 0.286. The number of halogens is 1. The van der Waals surface area contributed by atoms with Gasteiger partial charge >= 0.3 is 0 Å². The molecule has 172 valence electrons. The van der Waals surface area contributed by atoms with E-state index in [0.717, 1.165) is 19.1 Å². The van der Waals surface area contributed by atoms with Crippen LogP contribution >= 0.6 is 11.6 Å². The zero-order valence-electron chi connectivity index (χ0n) is 17.9. The summed E-state index contributed by atoms with van der Waals surface area (Å²) >= 11 is 5.97. The maximum Gasteiger partial charge on any atom is 0.255 e. The molecule has 0 radical (unpaired) electrons. The van der Waals surface area contributed by atoms with Gasteiger partial charge in [-0.15, -0.1) is 0 Å². The summed E-state index contributed by atoms with van der Waals surface area (Å²) in [6.45, 7) is 0.00628. The minimum Gasteiger partial charge on any atom is -0.345 e. The van der Waals surface area contributed by atoms with Crippen LogP contribution in [-0.4, -0.2) is 64.2 Å². The molecule has 10 nitrogen and oxygen atoms in total. The second kappa shape index (κ2) is 8.91. The lowest BCUT2D eigenvalue weighted by Crippen LogP contribution is -2.28. The summed E-state index contributed by atoms with van der Waals surface area (Å²) in [5, 5.41) is 6.96. The number of carbonyl (C=O) groups excluding carboxylic acids is 2. The summed E-state index contributed by atoms with van der Waals surface area (Å²) < 4.78 is 25.0. The van der Waals surface area contributed by atoms with Gasteiger partial charge in [0.05, 0.1) is 17.0 Å². The van der Waals surface area contributed by atoms with E-state index in [9.17, 15) is 18.0 Å². The van der Waals surface area contributed by atoms with Gasteiger partial charge in [0.25, 0.3) is 11.8 Å². The molecule has 1 fully saturated rings. The second-order valence-electron chi connectivity index (χ2n) is 7.77. The van der Waals surface area contributed by atoms with Gasteiger partial charge in [-0.25, -0.2) is 18.4 Å². The third kappa shape index (κ3) is 5.20. The Kier molecular flexibility index (Phi) is 6.17. The molecular weight excluding hydrogens is 468 g/mol. The molecule has 0 saturated heterocycles. The van der Waals surface area contributed by atoms with Crippen LogP contribution < -0.4 is 5.32 Å². The Bertz CT molecular complexity index is 1320. The first-order valence-electron chi connectivity index (χ1n) is 10.0. The van der Waals surface area contributed by atoms with E-state index in [1.807, 2.05) is 0 Å². The third-order valence-corrected chi connectivity index (χ3v) is 6.52. The first kappa shape index (κ1) is 22.9. The first-order chi connectivity index (χ1) is 15.6. The van der Waals surface area contributed by atoms with E-state index in [-0.39, 0.29) is 27.9 Å². The lowest BCUT2D eigenvalue weighted by molar-refractivity contribution is 0.0784. The molecule has 0 unspecified atom stereocenters. The average molecular weight is 489 g/mol. The summed E-state index contributed by atoms with van der Waals surface area (Å²) in [7, 11) is -1.74. The van der Waals surface area contributed by atoms with E-state index in [1.165, 1.54) is 35.4 Å². The zero-order chi connectivity index (χ0) is 23.8. The number of hydrogen-bond donors (Lipinski definition) is 1. The van der Waals surface area contributed by atoms with Crippen molar-refractivity contribution in [2.45, 2.75) is 30.3 Å². The van der Waals surface area contributed by atoms with E-state index in [0.29, 0.717) is 23.2 Å². The van der Waals surface area contributed by atoms with Gasteiger partial charge in [0.15, 0.2) is 21.5 Å². The van der Waals surface area contributed by atoms with Gasteiger partial charge in [-0.3, -0.25) is 9.59 Å². The molecule has 3 aromatic rings. The predicted molar refractivity (Wildman–Crippen MR) is 120 cm³/mol. The van der Waals surface area contributed by atoms with Gasteiger partial charge in [-0.1, -0.05) is 11.6 Å². The van der Waals surface area contributed by atoms with Gasteiger partial charge in [0, 0.05) is 36.1 Å². The lowest BCUT2D eigenvalue weighted by Gasteiger charge is -2.16. The minimum absolute atomic E-state index is 0.00628. The number of aromatic nitrogens is 4. The molecular formula is C21H21ClN6O4S. The topological polar surface area (TPSA) is 127 Å². The molecule has 2 amide bonds. The number of nitrogens with one attached hydrogen (secondary N) is 1. The summed E-state index contributed by atoms with van der Waals surface area (Å²) in [4.78, 5) is 35.2. The van der Waals surface area contributed by atoms with Crippen molar-refractivity contribution in [2.75, 3.05) is 13.3 Å². The van der Waals surface area contributed by atoms with Gasteiger partial charge in [0.1, 0.15) is 6.33 Å². The van der Waals surface area contributed by atoms with Crippen LogP contribution in [0, 0.1) is 0 Å². The normalized spacial score (nSPS) is 13.5. The Labute approximate surface area is 195 Å². The molecule has 0 aliphatic heterocycles. The van der Waals surface area contributed by atoms with Gasteiger partial charge in [-0.05, 0) is 43.2 Å². The molecule has 12 heteroatoms. The standard InChI is InChI=1S/C21H21ClN6O4S/c1-27(16-4-5-16)21(30)13-3-6-18(23-10-13)28-19(25-12-26-28)11-24-20(29)14-7-15(22)9-17(8-14)33(2,31)32/h3,6-10,12,16H,4-5,11H2,1-2H3,(H,24,29). The third-order valence-electron chi connectivity index (χ3n) is 5.21. The summed E-state index contributed by atoms with van der Waals surface area (Å²) in [5.74, 6) is 0.228. The molecule has 1 N–H and O–H groups in total. The molecule has 1 aliphatic rings. The number of rotatable bonds is 7. The van der Waals surface area contributed by atoms with Crippen LogP contribution in [0.3, 0.4) is 0 Å². The largest absolute Gasteiger partial charge is 0.345 e. The number of carbonyl (C=O) groups is 2. The van der Waals surface area contributed by atoms with Gasteiger partial charge in [-0.2, -0.15) is 9.78 Å². The first-order valence-corrected chi connectivity index (χ1v) is 12.3. The zero-order valence-corrected chi connectivity index (χ0v) is 19.5. The van der Waals surface area contributed by atoms with Crippen LogP contribution in [0.15, 0.2) is 47.8 Å². The number of hydrogen-bond acceptors (Lipinski definition) is 7. The van der Waals surface area contributed by atoms with Crippen LogP contribution in [0.4, 0.5) is 0 Å². The molecule has 2 heterocycles. The Balaban J connectivity index is 1.47. The van der Waals surface area contributed by atoms with E-state index < -0.39 is 15.7 Å². The Morgan fingerprint density at radius 2 is 1.94 bits per heavy atom. The number of amides is 2. The number of benzene rings is 1. The number of sulfone groups is 1. The molecule has 1 aliphatic carbocycles. The van der Waals surface area contributed by atoms with Crippen LogP contribution in [-0.2, 0) is 16.4 Å². The molecule has 2 aromatic heterocycles. The van der Waals surface area contributed by atoms with Crippen molar-refractivity contribution in [1.82, 2.24) is 30.0 Å². The van der Waals surface area contributed by atoms with Crippen LogP contribution in [0.2, 0.25) is 5.02 Å². The Hall–Kier alpha value is -3.31. The fourth-order valence-electron chi connectivity index (χ4n) is 3.22. The Morgan fingerprint density at radius 1 is 1.18 bits per heavy atom. The van der Waals surface area contributed by atoms with Crippen molar-refractivity contribution >= 4 is 33.3 Å². The minimum atomic E-state index is -3.53. The van der Waals surface area contributed by atoms with Crippen molar-refractivity contribution in [3.63, 3.8) is 0 Å². The molecule has 0 bridgehead atoms. The highest BCUT2D eigenvalue weighted by molar-refractivity contribution is 7.90. The maximum atomic E-state index is 12.6. The molecule has 1 aromatic carbocycles. The highest BCUT2D eigenvalue weighted by atomic mass is 35.5. The summed E-state index contributed by atoms with van der Waals surface area (Å²) in [5.41, 5.74) is 0.584. The summed E-state index contributed by atoms with van der Waals surface area (Å²) in [6.07, 6.45) is 5.89. The second-order valence-corrected chi connectivity index (χ2v) is 10.2. The molecule has 1 saturated carbocycles. The molecule has 0 spiro atoms. The van der Waals surface area contributed by atoms with Crippen molar-refractivity contribution in [1.29, 1.82) is 0 Å². The van der Waals surface area contributed by atoms with Gasteiger partial charge in [0.2, 0.25) is 0 Å². The van der Waals surface area contributed by atoms with Crippen LogP contribution in [0.25, 0.3) is 5.82 Å². The average Bonchev–Trinajstić information content (AvgIpc) is 3.53. The highest BCUT2D eigenvalue weighted by Gasteiger charge is 2.30. The SMILES string of the molecule is CN(C(=O)c1ccc(-n2ncnc2CNC(=O)c2cc(Cl)cc(S(C)(=O)=O)c2)nc1)C1CC1. The monoisotopic (exact) mass is 488 g/mol. The van der Waals surface area contributed by atoms with Crippen molar-refractivity contribution in [3.8, 4) is 5.82 Å². The predicted octanol–water partition coefficient (Wildman–Crippen LogP) is 1.88. The van der Waals surface area contributed by atoms with Crippen molar-refractivity contribution < 1.29 is 18.0 Å². The van der Waals surface area contributed by atoms with Gasteiger partial charge < -0.3 is 10.2 Å². The maximum absolute atomic E-state index is 12.6. The van der Waals surface area contributed by atoms with E-state index in [4.69, 9.17) is 11.6 Å². The fourth-order valence-corrected chi connectivity index (χ4v) is 4.20. The lowest BCUT2D eigenvalue weighted by atomic mass is 10.2.